The van der Waals surface area contributed by atoms with Gasteiger partial charge in [0.05, 0.1) is 13.7 Å². The molecule has 0 saturated carbocycles. The van der Waals surface area contributed by atoms with Crippen LogP contribution in [0.3, 0.4) is 0 Å². The lowest BCUT2D eigenvalue weighted by Gasteiger charge is -2.27. The maximum atomic E-state index is 12.6. The fraction of sp³-hybridized carbons (Fsp3) is 0.348. The van der Waals surface area contributed by atoms with Gasteiger partial charge in [-0.15, -0.1) is 24.8 Å². The lowest BCUT2D eigenvalue weighted by molar-refractivity contribution is -0.122. The number of aromatic nitrogens is 1. The van der Waals surface area contributed by atoms with E-state index in [0.29, 0.717) is 13.1 Å². The molecule has 1 fully saturated rings. The van der Waals surface area contributed by atoms with Gasteiger partial charge in [0.15, 0.2) is 0 Å². The molecule has 31 heavy (non-hydrogen) atoms. The summed E-state index contributed by atoms with van der Waals surface area (Å²) in [5.41, 5.74) is 3.44. The molecule has 1 amide bonds. The van der Waals surface area contributed by atoms with Crippen LogP contribution in [0.1, 0.15) is 17.0 Å². The number of nitrogens with one attached hydrogen (secondary N) is 3. The molecule has 0 spiro atoms. The summed E-state index contributed by atoms with van der Waals surface area (Å²) >= 11 is 0. The van der Waals surface area contributed by atoms with Crippen molar-refractivity contribution in [3.63, 3.8) is 0 Å². The van der Waals surface area contributed by atoms with E-state index in [1.807, 2.05) is 24.3 Å². The maximum absolute atomic E-state index is 12.6. The highest BCUT2D eigenvalue weighted by molar-refractivity contribution is 5.86. The van der Waals surface area contributed by atoms with Gasteiger partial charge in [-0.05, 0) is 29.3 Å². The van der Waals surface area contributed by atoms with Crippen LogP contribution in [0.4, 0.5) is 0 Å². The molecule has 6 nitrogen and oxygen atoms in total. The maximum Gasteiger partial charge on any atom is 0.234 e. The van der Waals surface area contributed by atoms with Crippen LogP contribution in [0.2, 0.25) is 0 Å². The minimum absolute atomic E-state index is 0. The number of benzene rings is 2. The first kappa shape index (κ1) is 25.0. The average molecular weight is 465 g/mol. The summed E-state index contributed by atoms with van der Waals surface area (Å²) in [7, 11) is 1.67. The van der Waals surface area contributed by atoms with E-state index in [1.165, 1.54) is 10.9 Å². The van der Waals surface area contributed by atoms with Crippen molar-refractivity contribution in [3.05, 3.63) is 65.9 Å². The third-order valence-corrected chi connectivity index (χ3v) is 5.60. The highest BCUT2D eigenvalue weighted by atomic mass is 35.5. The SMILES string of the molecule is COc1ccc(C(CNC(=O)CN2CCNCC2)c2c[nH]c3ccccc23)cc1.Cl.Cl. The Labute approximate surface area is 195 Å². The summed E-state index contributed by atoms with van der Waals surface area (Å²) in [5, 5.41) is 7.67. The number of hydrogen-bond acceptors (Lipinski definition) is 4. The Balaban J connectivity index is 0.00000171. The first-order chi connectivity index (χ1) is 14.2. The summed E-state index contributed by atoms with van der Waals surface area (Å²) in [6.07, 6.45) is 2.06. The largest absolute Gasteiger partial charge is 0.497 e. The molecule has 1 saturated heterocycles. The Hall–Kier alpha value is -2.25. The zero-order chi connectivity index (χ0) is 20.1. The second kappa shape index (κ2) is 12.0. The number of aromatic amines is 1. The van der Waals surface area contributed by atoms with E-state index in [1.54, 1.807) is 7.11 Å². The van der Waals surface area contributed by atoms with Gasteiger partial charge < -0.3 is 20.4 Å². The number of hydrogen-bond donors (Lipinski definition) is 3. The molecule has 3 aromatic rings. The molecule has 0 bridgehead atoms. The van der Waals surface area contributed by atoms with Crippen LogP contribution in [0.5, 0.6) is 5.75 Å². The number of ether oxygens (including phenoxy) is 1. The number of rotatable bonds is 7. The van der Waals surface area contributed by atoms with E-state index in [0.717, 1.165) is 43.0 Å². The number of piperazine rings is 1. The quantitative estimate of drug-likeness (QED) is 0.502. The topological polar surface area (TPSA) is 69.4 Å². The Morgan fingerprint density at radius 1 is 1.10 bits per heavy atom. The molecule has 4 rings (SSSR count). The lowest BCUT2D eigenvalue weighted by atomic mass is 9.90. The van der Waals surface area contributed by atoms with Crippen molar-refractivity contribution >= 4 is 41.6 Å². The molecule has 1 aliphatic heterocycles. The summed E-state index contributed by atoms with van der Waals surface area (Å²) in [5.74, 6) is 0.962. The summed E-state index contributed by atoms with van der Waals surface area (Å²) < 4.78 is 5.31. The van der Waals surface area contributed by atoms with Gasteiger partial charge in [-0.25, -0.2) is 0 Å². The highest BCUT2D eigenvalue weighted by Gasteiger charge is 2.20. The van der Waals surface area contributed by atoms with Crippen LogP contribution in [-0.2, 0) is 4.79 Å². The Kier molecular flexibility index (Phi) is 9.65. The minimum atomic E-state index is 0. The van der Waals surface area contributed by atoms with Crippen molar-refractivity contribution in [2.75, 3.05) is 46.4 Å². The Bertz CT molecular complexity index is 956. The molecule has 0 radical (unpaired) electrons. The first-order valence-electron chi connectivity index (χ1n) is 10.1. The number of methoxy groups -OCH3 is 1. The second-order valence-electron chi connectivity index (χ2n) is 7.45. The standard InChI is InChI=1S/C23H28N4O2.2ClH/c1-29-18-8-6-17(7-9-18)20(21-15-25-22-5-3-2-4-19(21)22)14-26-23(28)16-27-12-10-24-11-13-27;;/h2-9,15,20,24-25H,10-14,16H2,1H3,(H,26,28);2*1H. The summed E-state index contributed by atoms with van der Waals surface area (Å²) in [4.78, 5) is 18.1. The number of fused-ring (bicyclic) bond motifs is 1. The molecule has 1 aromatic heterocycles. The fourth-order valence-corrected chi connectivity index (χ4v) is 3.97. The average Bonchev–Trinajstić information content (AvgIpc) is 3.19. The third kappa shape index (κ3) is 6.14. The predicted octanol–water partition coefficient (Wildman–Crippen LogP) is 3.17. The van der Waals surface area contributed by atoms with Gasteiger partial charge in [-0.1, -0.05) is 30.3 Å². The van der Waals surface area contributed by atoms with Crippen molar-refractivity contribution < 1.29 is 9.53 Å². The van der Waals surface area contributed by atoms with Crippen LogP contribution in [0.25, 0.3) is 10.9 Å². The molecule has 0 aliphatic carbocycles. The van der Waals surface area contributed by atoms with Gasteiger partial charge in [-0.2, -0.15) is 0 Å². The summed E-state index contributed by atoms with van der Waals surface area (Å²) in [6, 6.07) is 16.4. The Morgan fingerprint density at radius 2 is 1.81 bits per heavy atom. The number of H-pyrrole nitrogens is 1. The van der Waals surface area contributed by atoms with Gasteiger partial charge in [0.1, 0.15) is 5.75 Å². The molecule has 8 heteroatoms. The van der Waals surface area contributed by atoms with E-state index in [4.69, 9.17) is 4.74 Å². The zero-order valence-electron chi connectivity index (χ0n) is 17.6. The fourth-order valence-electron chi connectivity index (χ4n) is 3.97. The molecule has 1 aliphatic rings. The second-order valence-corrected chi connectivity index (χ2v) is 7.45. The van der Waals surface area contributed by atoms with Crippen molar-refractivity contribution in [1.29, 1.82) is 0 Å². The normalized spacial score (nSPS) is 14.9. The van der Waals surface area contributed by atoms with E-state index in [2.05, 4.69) is 51.0 Å². The number of carbonyl (C=O) groups excluding carboxylic acids is 1. The smallest absolute Gasteiger partial charge is 0.234 e. The number of carbonyl (C=O) groups is 1. The molecular weight excluding hydrogens is 435 g/mol. The Morgan fingerprint density at radius 3 is 2.52 bits per heavy atom. The van der Waals surface area contributed by atoms with Crippen LogP contribution in [-0.4, -0.2) is 62.2 Å². The zero-order valence-corrected chi connectivity index (χ0v) is 19.2. The number of halogens is 2. The lowest BCUT2D eigenvalue weighted by Crippen LogP contribution is -2.47. The number of amides is 1. The first-order valence-corrected chi connectivity index (χ1v) is 10.1. The molecule has 3 N–H and O–H groups in total. The predicted molar refractivity (Wildman–Crippen MR) is 130 cm³/mol. The molecule has 1 unspecified atom stereocenters. The van der Waals surface area contributed by atoms with Gasteiger partial charge in [0.2, 0.25) is 5.91 Å². The van der Waals surface area contributed by atoms with E-state index in [-0.39, 0.29) is 36.6 Å². The van der Waals surface area contributed by atoms with E-state index < -0.39 is 0 Å². The number of para-hydroxylation sites is 1. The van der Waals surface area contributed by atoms with Gasteiger partial charge >= 0.3 is 0 Å². The van der Waals surface area contributed by atoms with Crippen LogP contribution < -0.4 is 15.4 Å². The molecule has 168 valence electrons. The van der Waals surface area contributed by atoms with Gasteiger partial charge in [0, 0.05) is 55.7 Å². The molecule has 2 heterocycles. The van der Waals surface area contributed by atoms with Crippen molar-refractivity contribution in [2.45, 2.75) is 5.92 Å². The summed E-state index contributed by atoms with van der Waals surface area (Å²) in [6.45, 7) is 4.72. The van der Waals surface area contributed by atoms with Crippen LogP contribution in [0, 0.1) is 0 Å². The molecule has 2 aromatic carbocycles. The van der Waals surface area contributed by atoms with Gasteiger partial charge in [-0.3, -0.25) is 9.69 Å². The van der Waals surface area contributed by atoms with E-state index >= 15 is 0 Å². The van der Waals surface area contributed by atoms with Crippen molar-refractivity contribution in [3.8, 4) is 5.75 Å². The van der Waals surface area contributed by atoms with Crippen molar-refractivity contribution in [1.82, 2.24) is 20.5 Å². The van der Waals surface area contributed by atoms with Crippen molar-refractivity contribution in [2.24, 2.45) is 0 Å². The monoisotopic (exact) mass is 464 g/mol. The van der Waals surface area contributed by atoms with E-state index in [9.17, 15) is 4.79 Å². The van der Waals surface area contributed by atoms with Crippen LogP contribution >= 0.6 is 24.8 Å². The molecule has 1 atom stereocenters. The van der Waals surface area contributed by atoms with Gasteiger partial charge in [0.25, 0.3) is 0 Å². The highest BCUT2D eigenvalue weighted by Crippen LogP contribution is 2.31. The minimum Gasteiger partial charge on any atom is -0.497 e. The van der Waals surface area contributed by atoms with Crippen LogP contribution in [0.15, 0.2) is 54.7 Å². The number of nitrogens with zero attached hydrogens (tertiary/aromatic N) is 1. The molecular formula is C23H30Cl2N4O2. The third-order valence-electron chi connectivity index (χ3n) is 5.60.